The summed E-state index contributed by atoms with van der Waals surface area (Å²) in [5.41, 5.74) is 2.51. The van der Waals surface area contributed by atoms with Crippen LogP contribution in [-0.4, -0.2) is 4.98 Å². The average molecular weight is 220 g/mol. The summed E-state index contributed by atoms with van der Waals surface area (Å²) < 4.78 is 0. The van der Waals surface area contributed by atoms with Gasteiger partial charge in [0, 0.05) is 17.6 Å². The maximum atomic E-state index is 11.3. The molecule has 0 aliphatic rings. The van der Waals surface area contributed by atoms with Gasteiger partial charge in [-0.1, -0.05) is 30.3 Å². The highest BCUT2D eigenvalue weighted by Crippen LogP contribution is 2.16. The molecule has 0 saturated carbocycles. The van der Waals surface area contributed by atoms with Crippen molar-refractivity contribution in [3.63, 3.8) is 0 Å². The van der Waals surface area contributed by atoms with E-state index in [1.807, 2.05) is 36.4 Å². The summed E-state index contributed by atoms with van der Waals surface area (Å²) in [6, 6.07) is 13.1. The fourth-order valence-corrected chi connectivity index (χ4v) is 1.61. The zero-order valence-corrected chi connectivity index (χ0v) is 8.79. The van der Waals surface area contributed by atoms with E-state index < -0.39 is 0 Å². The quantitative estimate of drug-likeness (QED) is 0.775. The number of alkyl halides is 1. The predicted molar refractivity (Wildman–Crippen MR) is 62.1 cm³/mol. The van der Waals surface area contributed by atoms with Crippen LogP contribution >= 0.6 is 11.6 Å². The maximum absolute atomic E-state index is 11.3. The average Bonchev–Trinajstić information content (AvgIpc) is 2.29. The number of aromatic amines is 1. The Kier molecular flexibility index (Phi) is 2.88. The van der Waals surface area contributed by atoms with E-state index in [1.165, 1.54) is 6.07 Å². The molecular weight excluding hydrogens is 210 g/mol. The van der Waals surface area contributed by atoms with Crippen LogP contribution in [0.4, 0.5) is 0 Å². The highest BCUT2D eigenvalue weighted by atomic mass is 35.5. The Bertz CT molecular complexity index is 505. The summed E-state index contributed by atoms with van der Waals surface area (Å²) in [6.45, 7) is 0. The zero-order valence-electron chi connectivity index (χ0n) is 8.03. The van der Waals surface area contributed by atoms with E-state index in [0.29, 0.717) is 5.88 Å². The number of halogens is 1. The molecule has 2 rings (SSSR count). The molecule has 0 aliphatic heterocycles. The van der Waals surface area contributed by atoms with E-state index in [0.717, 1.165) is 16.8 Å². The second kappa shape index (κ2) is 4.32. The second-order valence-electron chi connectivity index (χ2n) is 3.27. The van der Waals surface area contributed by atoms with Gasteiger partial charge in [-0.2, -0.15) is 0 Å². The molecule has 2 aromatic rings. The Morgan fingerprint density at radius 2 is 1.87 bits per heavy atom. The third kappa shape index (κ3) is 2.28. The summed E-state index contributed by atoms with van der Waals surface area (Å²) in [5.74, 6) is 0.351. The minimum absolute atomic E-state index is 0.119. The minimum atomic E-state index is -0.119. The van der Waals surface area contributed by atoms with E-state index in [4.69, 9.17) is 11.6 Å². The molecule has 0 bridgehead atoms. The number of hydrogen-bond acceptors (Lipinski definition) is 1. The van der Waals surface area contributed by atoms with Crippen molar-refractivity contribution in [3.05, 3.63) is 58.4 Å². The second-order valence-corrected chi connectivity index (χ2v) is 3.53. The molecule has 0 radical (unpaired) electrons. The van der Waals surface area contributed by atoms with Gasteiger partial charge in [0.15, 0.2) is 0 Å². The molecule has 0 atom stereocenters. The van der Waals surface area contributed by atoms with Crippen molar-refractivity contribution in [2.45, 2.75) is 5.88 Å². The van der Waals surface area contributed by atoms with Gasteiger partial charge in [-0.15, -0.1) is 11.6 Å². The maximum Gasteiger partial charge on any atom is 0.248 e. The van der Waals surface area contributed by atoms with Crippen molar-refractivity contribution in [2.24, 2.45) is 0 Å². The monoisotopic (exact) mass is 219 g/mol. The molecule has 1 aromatic heterocycles. The van der Waals surface area contributed by atoms with Crippen molar-refractivity contribution < 1.29 is 0 Å². The molecule has 3 heteroatoms. The number of hydrogen-bond donors (Lipinski definition) is 1. The number of pyridine rings is 1. The van der Waals surface area contributed by atoms with Gasteiger partial charge in [-0.3, -0.25) is 4.79 Å². The lowest BCUT2D eigenvalue weighted by atomic mass is 10.1. The lowest BCUT2D eigenvalue weighted by Crippen LogP contribution is -2.06. The normalized spacial score (nSPS) is 10.2. The van der Waals surface area contributed by atoms with Gasteiger partial charge >= 0.3 is 0 Å². The predicted octanol–water partition coefficient (Wildman–Crippen LogP) is 2.78. The van der Waals surface area contributed by atoms with Crippen LogP contribution in [0.15, 0.2) is 47.3 Å². The summed E-state index contributed by atoms with van der Waals surface area (Å²) in [4.78, 5) is 14.1. The van der Waals surface area contributed by atoms with E-state index in [9.17, 15) is 4.79 Å². The third-order valence-electron chi connectivity index (χ3n) is 2.14. The molecule has 0 saturated heterocycles. The first-order chi connectivity index (χ1) is 7.29. The third-order valence-corrected chi connectivity index (χ3v) is 2.45. The lowest BCUT2D eigenvalue weighted by molar-refractivity contribution is 1.20. The Morgan fingerprint density at radius 1 is 1.13 bits per heavy atom. The first-order valence-electron chi connectivity index (χ1n) is 4.64. The van der Waals surface area contributed by atoms with E-state index in [1.54, 1.807) is 0 Å². The fraction of sp³-hybridized carbons (Fsp3) is 0.0833. The van der Waals surface area contributed by atoms with Gasteiger partial charge in [0.05, 0.1) is 0 Å². The summed E-state index contributed by atoms with van der Waals surface area (Å²) >= 11 is 5.71. The Hall–Kier alpha value is -1.54. The molecule has 15 heavy (non-hydrogen) atoms. The van der Waals surface area contributed by atoms with Crippen LogP contribution in [0, 0.1) is 0 Å². The van der Waals surface area contributed by atoms with Crippen molar-refractivity contribution in [2.75, 3.05) is 0 Å². The summed E-state index contributed by atoms with van der Waals surface area (Å²) in [6.07, 6.45) is 0. The highest BCUT2D eigenvalue weighted by molar-refractivity contribution is 6.17. The van der Waals surface area contributed by atoms with Gasteiger partial charge in [0.25, 0.3) is 0 Å². The molecule has 1 N–H and O–H groups in total. The number of H-pyrrole nitrogens is 1. The molecule has 0 fully saturated rings. The van der Waals surface area contributed by atoms with Crippen LogP contribution in [0.5, 0.6) is 0 Å². The molecule has 0 aliphatic carbocycles. The molecular formula is C12H10ClNO. The van der Waals surface area contributed by atoms with Crippen molar-refractivity contribution in [1.82, 2.24) is 4.98 Å². The zero-order chi connectivity index (χ0) is 10.7. The highest BCUT2D eigenvalue weighted by Gasteiger charge is 2.00. The molecule has 0 amide bonds. The van der Waals surface area contributed by atoms with Crippen LogP contribution in [0.3, 0.4) is 0 Å². The minimum Gasteiger partial charge on any atom is -0.322 e. The van der Waals surface area contributed by atoms with Crippen molar-refractivity contribution in [3.8, 4) is 11.3 Å². The summed E-state index contributed by atoms with van der Waals surface area (Å²) in [7, 11) is 0. The first-order valence-corrected chi connectivity index (χ1v) is 5.17. The number of benzene rings is 1. The molecule has 2 nitrogen and oxygen atoms in total. The van der Waals surface area contributed by atoms with Gasteiger partial charge < -0.3 is 4.98 Å². The Morgan fingerprint density at radius 3 is 2.53 bits per heavy atom. The number of aromatic nitrogens is 1. The Labute approximate surface area is 92.5 Å². The topological polar surface area (TPSA) is 32.9 Å². The van der Waals surface area contributed by atoms with E-state index >= 15 is 0 Å². The lowest BCUT2D eigenvalue weighted by Gasteiger charge is -2.02. The fourth-order valence-electron chi connectivity index (χ4n) is 1.45. The summed E-state index contributed by atoms with van der Waals surface area (Å²) in [5, 5.41) is 0. The molecule has 0 unspecified atom stereocenters. The first kappa shape index (κ1) is 9.99. The molecule has 0 spiro atoms. The SMILES string of the molecule is O=c1cc(CCl)cc(-c2ccccc2)[nH]1. The van der Waals surface area contributed by atoms with Gasteiger partial charge in [-0.25, -0.2) is 0 Å². The van der Waals surface area contributed by atoms with Crippen LogP contribution in [0.1, 0.15) is 5.56 Å². The largest absolute Gasteiger partial charge is 0.322 e. The molecule has 1 heterocycles. The smallest absolute Gasteiger partial charge is 0.248 e. The standard InChI is InChI=1S/C12H10ClNO/c13-8-9-6-11(14-12(15)7-9)10-4-2-1-3-5-10/h1-7H,8H2,(H,14,15). The molecule has 76 valence electrons. The molecule has 1 aromatic carbocycles. The van der Waals surface area contributed by atoms with Crippen molar-refractivity contribution >= 4 is 11.6 Å². The van der Waals surface area contributed by atoms with Crippen LogP contribution in [0.25, 0.3) is 11.3 Å². The number of nitrogens with one attached hydrogen (secondary N) is 1. The van der Waals surface area contributed by atoms with Gasteiger partial charge in [0.2, 0.25) is 5.56 Å². The van der Waals surface area contributed by atoms with Gasteiger partial charge in [0.1, 0.15) is 0 Å². The Balaban J connectivity index is 2.54. The van der Waals surface area contributed by atoms with Gasteiger partial charge in [-0.05, 0) is 17.2 Å². The van der Waals surface area contributed by atoms with E-state index in [2.05, 4.69) is 4.98 Å². The number of rotatable bonds is 2. The van der Waals surface area contributed by atoms with Crippen molar-refractivity contribution in [1.29, 1.82) is 0 Å². The van der Waals surface area contributed by atoms with Crippen LogP contribution in [-0.2, 0) is 5.88 Å². The van der Waals surface area contributed by atoms with Crippen LogP contribution < -0.4 is 5.56 Å². The van der Waals surface area contributed by atoms with Crippen LogP contribution in [0.2, 0.25) is 0 Å². The van der Waals surface area contributed by atoms with E-state index in [-0.39, 0.29) is 5.56 Å².